The maximum atomic E-state index is 12.3. The second kappa shape index (κ2) is 6.38. The Hall–Kier alpha value is -2.04. The topological polar surface area (TPSA) is 61.4 Å². The zero-order valence-corrected chi connectivity index (χ0v) is 13.0. The van der Waals surface area contributed by atoms with Crippen LogP contribution in [0.25, 0.3) is 0 Å². The molecule has 2 aliphatic rings. The van der Waals surface area contributed by atoms with Gasteiger partial charge in [0.1, 0.15) is 0 Å². The van der Waals surface area contributed by atoms with Crippen LogP contribution in [0.4, 0.5) is 10.5 Å². The highest BCUT2D eigenvalue weighted by Crippen LogP contribution is 2.22. The molecule has 1 saturated heterocycles. The molecule has 0 spiro atoms. The Morgan fingerprint density at radius 3 is 2.55 bits per heavy atom. The van der Waals surface area contributed by atoms with Gasteiger partial charge in [-0.05, 0) is 44.7 Å². The van der Waals surface area contributed by atoms with Gasteiger partial charge in [0.05, 0.1) is 5.92 Å². The summed E-state index contributed by atoms with van der Waals surface area (Å²) < 4.78 is 0. The first kappa shape index (κ1) is 14.9. The molecule has 0 radical (unpaired) electrons. The summed E-state index contributed by atoms with van der Waals surface area (Å²) in [5.41, 5.74) is 1.95. The van der Waals surface area contributed by atoms with Crippen LogP contribution in [0.1, 0.15) is 31.2 Å². The number of nitrogens with zero attached hydrogens (tertiary/aromatic N) is 1. The van der Waals surface area contributed by atoms with E-state index >= 15 is 0 Å². The van der Waals surface area contributed by atoms with Gasteiger partial charge in [0.2, 0.25) is 5.91 Å². The zero-order valence-electron chi connectivity index (χ0n) is 13.0. The third kappa shape index (κ3) is 3.78. The standard InChI is InChI=1S/C17H23N3O2/c1-12-4-6-15(7-5-12)19-17(22)20-10-2-3-13(11-20)16(21)18-14-8-9-14/h4-7,13-14H,2-3,8-11H2,1H3,(H,18,21)(H,19,22)/t13-/m1/s1. The molecule has 3 rings (SSSR count). The van der Waals surface area contributed by atoms with Gasteiger partial charge in [0.25, 0.3) is 0 Å². The first-order chi connectivity index (χ1) is 10.6. The number of hydrogen-bond donors (Lipinski definition) is 2. The van der Waals surface area contributed by atoms with Gasteiger partial charge in [-0.15, -0.1) is 0 Å². The third-order valence-electron chi connectivity index (χ3n) is 4.31. The Kier molecular flexibility index (Phi) is 4.32. The van der Waals surface area contributed by atoms with E-state index in [9.17, 15) is 9.59 Å². The molecule has 2 fully saturated rings. The second-order valence-electron chi connectivity index (χ2n) is 6.36. The van der Waals surface area contributed by atoms with Crippen LogP contribution in [0.2, 0.25) is 0 Å². The number of piperidine rings is 1. The molecule has 1 aliphatic carbocycles. The summed E-state index contributed by atoms with van der Waals surface area (Å²) in [5, 5.41) is 5.95. The summed E-state index contributed by atoms with van der Waals surface area (Å²) in [6, 6.07) is 8.00. The highest BCUT2D eigenvalue weighted by Gasteiger charge is 2.31. The smallest absolute Gasteiger partial charge is 0.321 e. The van der Waals surface area contributed by atoms with Gasteiger partial charge in [-0.1, -0.05) is 17.7 Å². The van der Waals surface area contributed by atoms with Crippen LogP contribution in [-0.4, -0.2) is 36.0 Å². The number of urea groups is 1. The second-order valence-corrected chi connectivity index (χ2v) is 6.36. The number of amides is 3. The molecule has 1 aliphatic heterocycles. The molecule has 2 N–H and O–H groups in total. The van der Waals surface area contributed by atoms with E-state index < -0.39 is 0 Å². The van der Waals surface area contributed by atoms with Crippen molar-refractivity contribution in [1.82, 2.24) is 10.2 Å². The molecular formula is C17H23N3O2. The van der Waals surface area contributed by atoms with Crippen molar-refractivity contribution < 1.29 is 9.59 Å². The predicted octanol–water partition coefficient (Wildman–Crippen LogP) is 2.52. The number of carbonyl (C=O) groups is 2. The first-order valence-corrected chi connectivity index (χ1v) is 8.05. The third-order valence-corrected chi connectivity index (χ3v) is 4.31. The van der Waals surface area contributed by atoms with Crippen LogP contribution >= 0.6 is 0 Å². The summed E-state index contributed by atoms with van der Waals surface area (Å²) in [4.78, 5) is 26.2. The normalized spacial score (nSPS) is 21.3. The molecule has 1 saturated carbocycles. The number of anilines is 1. The highest BCUT2D eigenvalue weighted by atomic mass is 16.2. The Morgan fingerprint density at radius 2 is 1.86 bits per heavy atom. The minimum Gasteiger partial charge on any atom is -0.353 e. The van der Waals surface area contributed by atoms with Crippen molar-refractivity contribution in [2.75, 3.05) is 18.4 Å². The Bertz CT molecular complexity index is 552. The number of hydrogen-bond acceptors (Lipinski definition) is 2. The zero-order chi connectivity index (χ0) is 15.5. The molecule has 0 unspecified atom stereocenters. The lowest BCUT2D eigenvalue weighted by Gasteiger charge is -2.32. The summed E-state index contributed by atoms with van der Waals surface area (Å²) >= 11 is 0. The number of benzene rings is 1. The van der Waals surface area contributed by atoms with Crippen molar-refractivity contribution in [2.24, 2.45) is 5.92 Å². The maximum absolute atomic E-state index is 12.3. The summed E-state index contributed by atoms with van der Waals surface area (Å²) in [6.45, 7) is 3.24. The molecule has 3 amide bonds. The van der Waals surface area contributed by atoms with Gasteiger partial charge in [-0.25, -0.2) is 4.79 Å². The average molecular weight is 301 g/mol. The van der Waals surface area contributed by atoms with Crippen molar-refractivity contribution in [3.63, 3.8) is 0 Å². The Morgan fingerprint density at radius 1 is 1.14 bits per heavy atom. The van der Waals surface area contributed by atoms with Crippen molar-refractivity contribution in [3.05, 3.63) is 29.8 Å². The van der Waals surface area contributed by atoms with Crippen molar-refractivity contribution in [2.45, 2.75) is 38.6 Å². The van der Waals surface area contributed by atoms with Gasteiger partial charge in [0.15, 0.2) is 0 Å². The van der Waals surface area contributed by atoms with Gasteiger partial charge in [0, 0.05) is 24.8 Å². The van der Waals surface area contributed by atoms with E-state index in [-0.39, 0.29) is 17.9 Å². The molecule has 5 nitrogen and oxygen atoms in total. The lowest BCUT2D eigenvalue weighted by atomic mass is 9.97. The van der Waals surface area contributed by atoms with Gasteiger partial charge in [-0.2, -0.15) is 0 Å². The van der Waals surface area contributed by atoms with E-state index in [0.717, 1.165) is 36.9 Å². The molecule has 1 aromatic rings. The Labute approximate surface area is 131 Å². The molecule has 1 atom stereocenters. The molecule has 0 bridgehead atoms. The fourth-order valence-corrected chi connectivity index (χ4v) is 2.76. The summed E-state index contributed by atoms with van der Waals surface area (Å²) in [7, 11) is 0. The Balaban J connectivity index is 1.55. The highest BCUT2D eigenvalue weighted by molar-refractivity contribution is 5.90. The minimum atomic E-state index is -0.118. The van der Waals surface area contributed by atoms with Crippen molar-refractivity contribution in [3.8, 4) is 0 Å². The fourth-order valence-electron chi connectivity index (χ4n) is 2.76. The SMILES string of the molecule is Cc1ccc(NC(=O)N2CCC[C@@H](C(=O)NC3CC3)C2)cc1. The van der Waals surface area contributed by atoms with E-state index in [1.54, 1.807) is 4.90 Å². The molecular weight excluding hydrogens is 278 g/mol. The van der Waals surface area contributed by atoms with Crippen LogP contribution in [0.15, 0.2) is 24.3 Å². The molecule has 22 heavy (non-hydrogen) atoms. The number of aryl methyl sites for hydroxylation is 1. The quantitative estimate of drug-likeness (QED) is 0.901. The van der Waals surface area contributed by atoms with E-state index in [2.05, 4.69) is 10.6 Å². The van der Waals surface area contributed by atoms with Crippen molar-refractivity contribution >= 4 is 17.6 Å². The van der Waals surface area contributed by atoms with E-state index in [0.29, 0.717) is 19.1 Å². The minimum absolute atomic E-state index is 0.0712. The van der Waals surface area contributed by atoms with Crippen LogP contribution in [0, 0.1) is 12.8 Å². The van der Waals surface area contributed by atoms with Gasteiger partial charge < -0.3 is 15.5 Å². The van der Waals surface area contributed by atoms with E-state index in [1.807, 2.05) is 31.2 Å². The summed E-state index contributed by atoms with van der Waals surface area (Å²) in [6.07, 6.45) is 3.93. The predicted molar refractivity (Wildman–Crippen MR) is 85.7 cm³/mol. The monoisotopic (exact) mass is 301 g/mol. The molecule has 0 aromatic heterocycles. The molecule has 118 valence electrons. The van der Waals surface area contributed by atoms with E-state index in [1.165, 1.54) is 0 Å². The molecule has 5 heteroatoms. The summed E-state index contributed by atoms with van der Waals surface area (Å²) in [5.74, 6) is 0.0356. The van der Waals surface area contributed by atoms with Crippen LogP contribution in [-0.2, 0) is 4.79 Å². The van der Waals surface area contributed by atoms with Gasteiger partial charge in [-0.3, -0.25) is 4.79 Å². The molecule has 1 heterocycles. The number of nitrogens with one attached hydrogen (secondary N) is 2. The number of carbonyl (C=O) groups excluding carboxylic acids is 2. The average Bonchev–Trinajstić information content (AvgIpc) is 3.33. The van der Waals surface area contributed by atoms with E-state index in [4.69, 9.17) is 0 Å². The fraction of sp³-hybridized carbons (Fsp3) is 0.529. The molecule has 1 aromatic carbocycles. The largest absolute Gasteiger partial charge is 0.353 e. The number of likely N-dealkylation sites (tertiary alicyclic amines) is 1. The van der Waals surface area contributed by atoms with Crippen LogP contribution in [0.5, 0.6) is 0 Å². The maximum Gasteiger partial charge on any atom is 0.321 e. The lowest BCUT2D eigenvalue weighted by Crippen LogP contribution is -2.47. The van der Waals surface area contributed by atoms with Gasteiger partial charge >= 0.3 is 6.03 Å². The van der Waals surface area contributed by atoms with Crippen LogP contribution < -0.4 is 10.6 Å². The van der Waals surface area contributed by atoms with Crippen molar-refractivity contribution in [1.29, 1.82) is 0 Å². The van der Waals surface area contributed by atoms with Crippen LogP contribution in [0.3, 0.4) is 0 Å². The first-order valence-electron chi connectivity index (χ1n) is 8.05. The lowest BCUT2D eigenvalue weighted by molar-refractivity contribution is -0.126. The number of rotatable bonds is 3.